The first kappa shape index (κ1) is 15.0. The van der Waals surface area contributed by atoms with E-state index in [2.05, 4.69) is 5.16 Å². The van der Waals surface area contributed by atoms with E-state index in [-0.39, 0.29) is 6.09 Å². The molecule has 0 aliphatic rings. The van der Waals surface area contributed by atoms with E-state index in [1.54, 1.807) is 7.05 Å². The van der Waals surface area contributed by atoms with Crippen LogP contribution < -0.4 is 0 Å². The average Bonchev–Trinajstić information content (AvgIpc) is 2.29. The van der Waals surface area contributed by atoms with Gasteiger partial charge >= 0.3 is 6.09 Å². The second-order valence-electron chi connectivity index (χ2n) is 5.32. The first-order valence-corrected chi connectivity index (χ1v) is 6.02. The van der Waals surface area contributed by atoms with Gasteiger partial charge < -0.3 is 14.8 Å². The summed E-state index contributed by atoms with van der Waals surface area (Å²) in [5, 5.41) is 11.4. The third kappa shape index (κ3) is 5.42. The standard InChI is InChI=1S/C14H20N2O3/c1-14(2,3)19-13(17)16(4)10-12-7-5-11(6-8-12)9-15-18/h5-9,18H,10H2,1-4H3/b15-9+. The van der Waals surface area contributed by atoms with Crippen LogP contribution in [0.1, 0.15) is 31.9 Å². The number of hydrogen-bond donors (Lipinski definition) is 1. The van der Waals surface area contributed by atoms with Gasteiger partial charge in [0.05, 0.1) is 6.21 Å². The summed E-state index contributed by atoms with van der Waals surface area (Å²) in [5.41, 5.74) is 1.28. The number of hydrogen-bond acceptors (Lipinski definition) is 4. The van der Waals surface area contributed by atoms with Gasteiger partial charge in [-0.25, -0.2) is 4.79 Å². The molecule has 0 aliphatic heterocycles. The van der Waals surface area contributed by atoms with Crippen LogP contribution in [0, 0.1) is 0 Å². The Morgan fingerprint density at radius 2 is 1.95 bits per heavy atom. The van der Waals surface area contributed by atoms with E-state index in [0.717, 1.165) is 11.1 Å². The number of rotatable bonds is 3. The van der Waals surface area contributed by atoms with Crippen molar-refractivity contribution >= 4 is 12.3 Å². The molecule has 5 nitrogen and oxygen atoms in total. The predicted molar refractivity (Wildman–Crippen MR) is 73.5 cm³/mol. The van der Waals surface area contributed by atoms with E-state index >= 15 is 0 Å². The van der Waals surface area contributed by atoms with Gasteiger partial charge in [0.1, 0.15) is 5.60 Å². The molecule has 0 spiro atoms. The molecule has 104 valence electrons. The number of carbonyl (C=O) groups excluding carboxylic acids is 1. The highest BCUT2D eigenvalue weighted by molar-refractivity contribution is 5.79. The van der Waals surface area contributed by atoms with Crippen LogP contribution in [-0.4, -0.2) is 35.1 Å². The van der Waals surface area contributed by atoms with E-state index in [1.807, 2.05) is 45.0 Å². The van der Waals surface area contributed by atoms with Crippen LogP contribution in [0.15, 0.2) is 29.4 Å². The van der Waals surface area contributed by atoms with Gasteiger partial charge in [-0.15, -0.1) is 0 Å². The van der Waals surface area contributed by atoms with Crippen molar-refractivity contribution in [2.24, 2.45) is 5.16 Å². The molecule has 0 radical (unpaired) electrons. The summed E-state index contributed by atoms with van der Waals surface area (Å²) >= 11 is 0. The molecule has 0 fully saturated rings. The van der Waals surface area contributed by atoms with Crippen molar-refractivity contribution in [1.82, 2.24) is 4.90 Å². The van der Waals surface area contributed by atoms with Crippen molar-refractivity contribution in [3.8, 4) is 0 Å². The highest BCUT2D eigenvalue weighted by Crippen LogP contribution is 2.11. The summed E-state index contributed by atoms with van der Waals surface area (Å²) in [6.45, 7) is 5.97. The Labute approximate surface area is 113 Å². The zero-order valence-electron chi connectivity index (χ0n) is 11.8. The summed E-state index contributed by atoms with van der Waals surface area (Å²) in [4.78, 5) is 13.3. The van der Waals surface area contributed by atoms with Crippen molar-refractivity contribution in [1.29, 1.82) is 0 Å². The van der Waals surface area contributed by atoms with Gasteiger partial charge in [-0.2, -0.15) is 0 Å². The van der Waals surface area contributed by atoms with Crippen molar-refractivity contribution in [2.45, 2.75) is 32.9 Å². The maximum Gasteiger partial charge on any atom is 0.410 e. The van der Waals surface area contributed by atoms with Gasteiger partial charge in [-0.1, -0.05) is 29.4 Å². The van der Waals surface area contributed by atoms with E-state index in [1.165, 1.54) is 11.1 Å². The largest absolute Gasteiger partial charge is 0.444 e. The Morgan fingerprint density at radius 1 is 1.37 bits per heavy atom. The normalized spacial score (nSPS) is 11.6. The minimum atomic E-state index is -0.493. The van der Waals surface area contributed by atoms with Gasteiger partial charge in [0.25, 0.3) is 0 Å². The summed E-state index contributed by atoms with van der Waals surface area (Å²) in [6.07, 6.45) is 0.995. The molecular formula is C14H20N2O3. The Morgan fingerprint density at radius 3 is 2.42 bits per heavy atom. The third-order valence-electron chi connectivity index (χ3n) is 2.31. The highest BCUT2D eigenvalue weighted by atomic mass is 16.6. The maximum absolute atomic E-state index is 11.8. The third-order valence-corrected chi connectivity index (χ3v) is 2.31. The Hall–Kier alpha value is -2.04. The minimum absolute atomic E-state index is 0.353. The van der Waals surface area contributed by atoms with Crippen molar-refractivity contribution < 1.29 is 14.7 Å². The zero-order valence-corrected chi connectivity index (χ0v) is 11.8. The molecule has 0 atom stereocenters. The Bertz CT molecular complexity index is 447. The van der Waals surface area contributed by atoms with Gasteiger partial charge in [-0.05, 0) is 31.9 Å². The molecule has 1 aromatic carbocycles. The van der Waals surface area contributed by atoms with E-state index in [4.69, 9.17) is 9.94 Å². The lowest BCUT2D eigenvalue weighted by Gasteiger charge is -2.24. The van der Waals surface area contributed by atoms with Gasteiger partial charge in [0, 0.05) is 13.6 Å². The second kappa shape index (κ2) is 6.22. The molecule has 1 amide bonds. The van der Waals surface area contributed by atoms with Crippen LogP contribution in [0.5, 0.6) is 0 Å². The fourth-order valence-corrected chi connectivity index (χ4v) is 1.45. The van der Waals surface area contributed by atoms with Gasteiger partial charge in [0.2, 0.25) is 0 Å². The molecule has 0 saturated carbocycles. The van der Waals surface area contributed by atoms with Crippen LogP contribution in [0.2, 0.25) is 0 Å². The highest BCUT2D eigenvalue weighted by Gasteiger charge is 2.19. The molecule has 1 N–H and O–H groups in total. The predicted octanol–water partition coefficient (Wildman–Crippen LogP) is 2.86. The molecule has 1 rings (SSSR count). The summed E-state index contributed by atoms with van der Waals surface area (Å²) in [6, 6.07) is 7.38. The lowest BCUT2D eigenvalue weighted by Crippen LogP contribution is -2.33. The smallest absolute Gasteiger partial charge is 0.410 e. The number of benzene rings is 1. The SMILES string of the molecule is CN(Cc1ccc(/C=N/O)cc1)C(=O)OC(C)(C)C. The van der Waals surface area contributed by atoms with Crippen LogP contribution in [-0.2, 0) is 11.3 Å². The quantitative estimate of drug-likeness (QED) is 0.518. The molecule has 19 heavy (non-hydrogen) atoms. The summed E-state index contributed by atoms with van der Waals surface area (Å²) in [7, 11) is 1.69. The Kier molecular flexibility index (Phi) is 4.92. The molecule has 0 heterocycles. The van der Waals surface area contributed by atoms with E-state index < -0.39 is 5.60 Å². The summed E-state index contributed by atoms with van der Waals surface area (Å²) in [5.74, 6) is 0. The van der Waals surface area contributed by atoms with Crippen LogP contribution in [0.25, 0.3) is 0 Å². The minimum Gasteiger partial charge on any atom is -0.444 e. The molecule has 1 aromatic rings. The first-order chi connectivity index (χ1) is 8.81. The lowest BCUT2D eigenvalue weighted by molar-refractivity contribution is 0.0285. The zero-order chi connectivity index (χ0) is 14.5. The Balaban J connectivity index is 2.61. The molecule has 0 saturated heterocycles. The molecule has 5 heteroatoms. The van der Waals surface area contributed by atoms with Gasteiger partial charge in [-0.3, -0.25) is 0 Å². The van der Waals surface area contributed by atoms with Crippen LogP contribution in [0.3, 0.4) is 0 Å². The number of nitrogens with zero attached hydrogens (tertiary/aromatic N) is 2. The van der Waals surface area contributed by atoms with Crippen LogP contribution in [0.4, 0.5) is 4.79 Å². The number of carbonyl (C=O) groups is 1. The topological polar surface area (TPSA) is 62.1 Å². The average molecular weight is 264 g/mol. The molecule has 0 bridgehead atoms. The molecule has 0 unspecified atom stereocenters. The van der Waals surface area contributed by atoms with E-state index in [9.17, 15) is 4.79 Å². The van der Waals surface area contributed by atoms with Crippen molar-refractivity contribution in [3.05, 3.63) is 35.4 Å². The molecular weight excluding hydrogens is 244 g/mol. The maximum atomic E-state index is 11.8. The first-order valence-electron chi connectivity index (χ1n) is 6.02. The fourth-order valence-electron chi connectivity index (χ4n) is 1.45. The van der Waals surface area contributed by atoms with Crippen LogP contribution >= 0.6 is 0 Å². The monoisotopic (exact) mass is 264 g/mol. The van der Waals surface area contributed by atoms with Crippen molar-refractivity contribution in [3.63, 3.8) is 0 Å². The second-order valence-corrected chi connectivity index (χ2v) is 5.32. The van der Waals surface area contributed by atoms with Gasteiger partial charge in [0.15, 0.2) is 0 Å². The summed E-state index contributed by atoms with van der Waals surface area (Å²) < 4.78 is 5.27. The lowest BCUT2D eigenvalue weighted by atomic mass is 10.1. The molecule has 0 aliphatic carbocycles. The number of ether oxygens (including phenoxy) is 1. The number of amides is 1. The fraction of sp³-hybridized carbons (Fsp3) is 0.429. The number of oxime groups is 1. The van der Waals surface area contributed by atoms with E-state index in [0.29, 0.717) is 6.54 Å². The molecule has 0 aromatic heterocycles. The van der Waals surface area contributed by atoms with Crippen molar-refractivity contribution in [2.75, 3.05) is 7.05 Å².